The van der Waals surface area contributed by atoms with E-state index in [0.717, 1.165) is 17.8 Å². The van der Waals surface area contributed by atoms with E-state index in [-0.39, 0.29) is 12.2 Å². The summed E-state index contributed by atoms with van der Waals surface area (Å²) in [7, 11) is 0. The van der Waals surface area contributed by atoms with Crippen molar-refractivity contribution in [3.8, 4) is 11.1 Å². The summed E-state index contributed by atoms with van der Waals surface area (Å²) in [6, 6.07) is 17.7. The Bertz CT molecular complexity index is 1570. The van der Waals surface area contributed by atoms with E-state index in [1.807, 2.05) is 12.1 Å². The molecule has 0 aliphatic carbocycles. The van der Waals surface area contributed by atoms with Crippen LogP contribution in [0.4, 0.5) is 17.6 Å². The van der Waals surface area contributed by atoms with Gasteiger partial charge in [0.2, 0.25) is 0 Å². The molecule has 0 amide bonds. The van der Waals surface area contributed by atoms with Crippen LogP contribution >= 0.6 is 0 Å². The van der Waals surface area contributed by atoms with Gasteiger partial charge in [-0.3, -0.25) is 14.8 Å². The number of carbonyl (C=O) groups is 1. The van der Waals surface area contributed by atoms with Crippen molar-refractivity contribution >= 4 is 11.5 Å². The van der Waals surface area contributed by atoms with E-state index in [1.54, 1.807) is 56.4 Å². The quantitative estimate of drug-likeness (QED) is 0.175. The number of alkyl halides is 3. The van der Waals surface area contributed by atoms with Crippen molar-refractivity contribution < 1.29 is 27.2 Å². The fraction of sp³-hybridized carbons (Fsp3) is 0.226. The first-order chi connectivity index (χ1) is 19.1. The molecule has 0 spiro atoms. The minimum absolute atomic E-state index is 0.0214. The Hall–Kier alpha value is -4.40. The minimum atomic E-state index is -4.54. The van der Waals surface area contributed by atoms with Crippen LogP contribution in [0.25, 0.3) is 11.1 Å². The number of ketones is 1. The molecule has 5 nitrogen and oxygen atoms in total. The average molecular weight is 548 g/mol. The highest BCUT2D eigenvalue weighted by Crippen LogP contribution is 2.35. The van der Waals surface area contributed by atoms with Gasteiger partial charge in [-0.2, -0.15) is 13.2 Å². The van der Waals surface area contributed by atoms with Gasteiger partial charge in [0.05, 0.1) is 5.69 Å². The van der Waals surface area contributed by atoms with Crippen LogP contribution in [0.2, 0.25) is 0 Å². The lowest BCUT2D eigenvalue weighted by Crippen LogP contribution is -2.10. The monoisotopic (exact) mass is 547 g/mol. The third-order valence-electron chi connectivity index (χ3n) is 6.85. The van der Waals surface area contributed by atoms with E-state index in [1.165, 1.54) is 12.1 Å². The molecule has 1 unspecified atom stereocenters. The van der Waals surface area contributed by atoms with Gasteiger partial charge in [-0.05, 0) is 77.6 Å². The van der Waals surface area contributed by atoms with Gasteiger partial charge < -0.3 is 4.84 Å². The third-order valence-corrected chi connectivity index (χ3v) is 6.85. The Morgan fingerprint density at radius 1 is 1.05 bits per heavy atom. The van der Waals surface area contributed by atoms with Crippen molar-refractivity contribution in [3.63, 3.8) is 0 Å². The molecule has 204 valence electrons. The SMILES string of the molecule is Cc1ccc(-c2cc(C(=O)C[C@H](C)c3ccc(C(F)(F)F)nc3)cc(C3CC(c4ccccn4)=NO3)c2)c(F)c1. The first-order valence-corrected chi connectivity index (χ1v) is 12.7. The highest BCUT2D eigenvalue weighted by atomic mass is 19.4. The summed E-state index contributed by atoms with van der Waals surface area (Å²) in [6.07, 6.45) is -1.80. The zero-order chi connectivity index (χ0) is 28.4. The van der Waals surface area contributed by atoms with E-state index in [0.29, 0.717) is 45.6 Å². The Morgan fingerprint density at radius 2 is 1.88 bits per heavy atom. The van der Waals surface area contributed by atoms with E-state index < -0.39 is 29.7 Å². The van der Waals surface area contributed by atoms with Crippen LogP contribution in [0.5, 0.6) is 0 Å². The number of carbonyl (C=O) groups excluding carboxylic acids is 1. The molecule has 0 fully saturated rings. The van der Waals surface area contributed by atoms with Crippen molar-refractivity contribution in [2.75, 3.05) is 0 Å². The van der Waals surface area contributed by atoms with Crippen LogP contribution in [-0.2, 0) is 11.0 Å². The van der Waals surface area contributed by atoms with Crippen LogP contribution in [0, 0.1) is 12.7 Å². The normalized spacial score (nSPS) is 15.8. The first-order valence-electron chi connectivity index (χ1n) is 12.7. The number of nitrogens with zero attached hydrogens (tertiary/aromatic N) is 3. The molecule has 3 heterocycles. The number of oxime groups is 1. The summed E-state index contributed by atoms with van der Waals surface area (Å²) in [4.78, 5) is 27.0. The third kappa shape index (κ3) is 5.93. The van der Waals surface area contributed by atoms with Crippen LogP contribution < -0.4 is 0 Å². The number of rotatable bonds is 7. The fourth-order valence-electron chi connectivity index (χ4n) is 4.63. The maximum atomic E-state index is 15.0. The van der Waals surface area contributed by atoms with Gasteiger partial charge in [0, 0.05) is 36.4 Å². The molecule has 1 aliphatic rings. The Balaban J connectivity index is 1.44. The Morgan fingerprint density at radius 3 is 2.55 bits per heavy atom. The number of hydrogen-bond donors (Lipinski definition) is 0. The first kappa shape index (κ1) is 27.2. The molecule has 0 bridgehead atoms. The van der Waals surface area contributed by atoms with Crippen molar-refractivity contribution in [1.82, 2.24) is 9.97 Å². The number of aromatic nitrogens is 2. The maximum Gasteiger partial charge on any atom is 0.433 e. The maximum absolute atomic E-state index is 15.0. The Labute approximate surface area is 228 Å². The highest BCUT2D eigenvalue weighted by Gasteiger charge is 2.32. The van der Waals surface area contributed by atoms with Gasteiger partial charge in [-0.1, -0.05) is 36.3 Å². The van der Waals surface area contributed by atoms with Gasteiger partial charge in [-0.15, -0.1) is 0 Å². The van der Waals surface area contributed by atoms with Crippen LogP contribution in [0.3, 0.4) is 0 Å². The van der Waals surface area contributed by atoms with Crippen LogP contribution in [-0.4, -0.2) is 21.5 Å². The molecule has 2 aromatic heterocycles. The molecule has 2 atom stereocenters. The largest absolute Gasteiger partial charge is 0.433 e. The summed E-state index contributed by atoms with van der Waals surface area (Å²) in [5, 5.41) is 4.19. The highest BCUT2D eigenvalue weighted by molar-refractivity contribution is 6.00. The van der Waals surface area contributed by atoms with E-state index >= 15 is 0 Å². The number of aryl methyl sites for hydroxylation is 1. The van der Waals surface area contributed by atoms with Gasteiger partial charge in [0.15, 0.2) is 11.9 Å². The lowest BCUT2D eigenvalue weighted by molar-refractivity contribution is -0.141. The summed E-state index contributed by atoms with van der Waals surface area (Å²) >= 11 is 0. The Kier molecular flexibility index (Phi) is 7.47. The topological polar surface area (TPSA) is 64.4 Å². The molecule has 0 radical (unpaired) electrons. The zero-order valence-corrected chi connectivity index (χ0v) is 21.7. The molecule has 0 saturated carbocycles. The lowest BCUT2D eigenvalue weighted by atomic mass is 9.90. The number of benzene rings is 2. The average Bonchev–Trinajstić information content (AvgIpc) is 3.43. The number of pyridine rings is 2. The number of hydrogen-bond acceptors (Lipinski definition) is 5. The fourth-order valence-corrected chi connectivity index (χ4v) is 4.63. The predicted octanol–water partition coefficient (Wildman–Crippen LogP) is 7.85. The molecule has 1 aliphatic heterocycles. The summed E-state index contributed by atoms with van der Waals surface area (Å²) in [5.41, 5.74) is 3.47. The van der Waals surface area contributed by atoms with Crippen molar-refractivity contribution in [3.05, 3.63) is 119 Å². The molecule has 0 N–H and O–H groups in total. The molecule has 5 rings (SSSR count). The predicted molar refractivity (Wildman–Crippen MR) is 142 cm³/mol. The molecule has 9 heteroatoms. The van der Waals surface area contributed by atoms with Gasteiger partial charge in [0.25, 0.3) is 0 Å². The van der Waals surface area contributed by atoms with Crippen molar-refractivity contribution in [2.24, 2.45) is 5.16 Å². The molecule has 40 heavy (non-hydrogen) atoms. The molecule has 4 aromatic rings. The summed E-state index contributed by atoms with van der Waals surface area (Å²) in [5.74, 6) is -1.06. The summed E-state index contributed by atoms with van der Waals surface area (Å²) in [6.45, 7) is 3.54. The summed E-state index contributed by atoms with van der Waals surface area (Å²) < 4.78 is 53.7. The molecule has 2 aromatic carbocycles. The molecule has 0 saturated heterocycles. The second kappa shape index (κ2) is 11.0. The number of halogens is 4. The van der Waals surface area contributed by atoms with Crippen LogP contribution in [0.1, 0.15) is 70.2 Å². The lowest BCUT2D eigenvalue weighted by Gasteiger charge is -2.16. The second-order valence-electron chi connectivity index (χ2n) is 9.88. The molecular weight excluding hydrogens is 522 g/mol. The van der Waals surface area contributed by atoms with E-state index in [4.69, 9.17) is 4.84 Å². The zero-order valence-electron chi connectivity index (χ0n) is 21.7. The van der Waals surface area contributed by atoms with E-state index in [9.17, 15) is 22.4 Å². The van der Waals surface area contributed by atoms with E-state index in [2.05, 4.69) is 15.1 Å². The van der Waals surface area contributed by atoms with Gasteiger partial charge in [-0.25, -0.2) is 4.39 Å². The van der Waals surface area contributed by atoms with Crippen LogP contribution in [0.15, 0.2) is 84.3 Å². The van der Waals surface area contributed by atoms with Crippen molar-refractivity contribution in [2.45, 2.75) is 44.9 Å². The smallest absolute Gasteiger partial charge is 0.387 e. The van der Waals surface area contributed by atoms with Crippen molar-refractivity contribution in [1.29, 1.82) is 0 Å². The molecular formula is C31H25F4N3O2. The van der Waals surface area contributed by atoms with Gasteiger partial charge in [0.1, 0.15) is 17.2 Å². The number of Topliss-reactive ketones (excluding diaryl/α,β-unsaturated/α-hetero) is 1. The second-order valence-corrected chi connectivity index (χ2v) is 9.88. The minimum Gasteiger partial charge on any atom is -0.387 e. The standard InChI is InChI=1S/C31H25F4N3O2/c1-18-6-8-24(25(32)11-18)21-13-22(28(39)12-19(2)20-7-9-30(37-17-20)31(33,34)35)15-23(14-21)29-16-27(38-40-29)26-5-3-4-10-36-26/h3-11,13-15,17,19,29H,12,16H2,1-2H3/t19-,29?/m0/s1. The van der Waals surface area contributed by atoms with Gasteiger partial charge >= 0.3 is 6.18 Å².